The molecule has 0 aliphatic heterocycles. The van der Waals surface area contributed by atoms with Crippen LogP contribution >= 0.6 is 23.2 Å². The fourth-order valence-electron chi connectivity index (χ4n) is 6.33. The molecule has 5 atom stereocenters. The van der Waals surface area contributed by atoms with Gasteiger partial charge in [0, 0.05) is 22.5 Å². The second-order valence-electron chi connectivity index (χ2n) is 13.2. The van der Waals surface area contributed by atoms with E-state index >= 15 is 0 Å². The van der Waals surface area contributed by atoms with Crippen molar-refractivity contribution in [2.45, 2.75) is 91.0 Å². The highest BCUT2D eigenvalue weighted by Gasteiger charge is 2.47. The minimum atomic E-state index is -1.51. The lowest BCUT2D eigenvalue weighted by Crippen LogP contribution is -2.65. The SMILES string of the molecule is CCOC(=O)c1nnc([C@@H](NC(=O)[C@]2(NC(=O)[C@@H](NC(=O)OCc3ccccc3)C(C)CC)CCc3[nH]c4c(Cl)cc(Cl)cc4c3C2)C(C)CC)o1. The summed E-state index contributed by atoms with van der Waals surface area (Å²) in [6, 6.07) is 10.8. The van der Waals surface area contributed by atoms with E-state index in [0.29, 0.717) is 34.8 Å². The Balaban J connectivity index is 1.48. The van der Waals surface area contributed by atoms with Crippen molar-refractivity contribution >= 4 is 58.0 Å². The third-order valence-corrected chi connectivity index (χ3v) is 10.3. The van der Waals surface area contributed by atoms with E-state index in [0.717, 1.165) is 22.2 Å². The second kappa shape index (κ2) is 16.8. The number of nitrogens with one attached hydrogen (secondary N) is 4. The molecular weight excluding hydrogens is 711 g/mol. The van der Waals surface area contributed by atoms with E-state index in [2.05, 4.69) is 31.1 Å². The van der Waals surface area contributed by atoms with Crippen molar-refractivity contribution in [3.63, 3.8) is 0 Å². The number of aromatic nitrogens is 3. The molecule has 1 aliphatic carbocycles. The Bertz CT molecular complexity index is 1910. The fourth-order valence-corrected chi connectivity index (χ4v) is 6.87. The molecule has 4 N–H and O–H groups in total. The van der Waals surface area contributed by atoms with Gasteiger partial charge in [-0.3, -0.25) is 9.59 Å². The van der Waals surface area contributed by atoms with Crippen LogP contribution in [0.3, 0.4) is 0 Å². The monoisotopic (exact) mass is 754 g/mol. The molecule has 2 aromatic heterocycles. The van der Waals surface area contributed by atoms with Gasteiger partial charge in [0.15, 0.2) is 0 Å². The minimum absolute atomic E-state index is 0.0207. The van der Waals surface area contributed by atoms with Gasteiger partial charge in [0.1, 0.15) is 24.2 Å². The number of alkyl carbamates (subject to hydrolysis) is 1. The van der Waals surface area contributed by atoms with Crippen LogP contribution in [0.1, 0.15) is 93.3 Å². The number of aryl methyl sites for hydroxylation is 1. The van der Waals surface area contributed by atoms with Gasteiger partial charge in [0.2, 0.25) is 17.7 Å². The maximum Gasteiger partial charge on any atom is 0.408 e. The molecule has 1 aliphatic rings. The number of amides is 3. The Labute approximate surface area is 311 Å². The highest BCUT2D eigenvalue weighted by Crippen LogP contribution is 2.39. The second-order valence-corrected chi connectivity index (χ2v) is 14.1. The maximum absolute atomic E-state index is 14.8. The van der Waals surface area contributed by atoms with E-state index in [1.54, 1.807) is 19.1 Å². The molecule has 13 nitrogen and oxygen atoms in total. The van der Waals surface area contributed by atoms with Crippen LogP contribution in [-0.2, 0) is 38.5 Å². The predicted molar refractivity (Wildman–Crippen MR) is 195 cm³/mol. The predicted octanol–water partition coefficient (Wildman–Crippen LogP) is 6.62. The Kier molecular flexibility index (Phi) is 12.5. The molecule has 0 saturated carbocycles. The number of fused-ring (bicyclic) bond motifs is 3. The zero-order valence-corrected chi connectivity index (χ0v) is 31.3. The molecule has 2 unspecified atom stereocenters. The van der Waals surface area contributed by atoms with Crippen molar-refractivity contribution in [1.29, 1.82) is 0 Å². The highest BCUT2D eigenvalue weighted by molar-refractivity contribution is 6.38. The Morgan fingerprint density at radius 2 is 1.71 bits per heavy atom. The summed E-state index contributed by atoms with van der Waals surface area (Å²) in [5, 5.41) is 18.4. The molecule has 0 bridgehead atoms. The lowest BCUT2D eigenvalue weighted by Gasteiger charge is -2.39. The van der Waals surface area contributed by atoms with Gasteiger partial charge in [-0.15, -0.1) is 10.2 Å². The zero-order chi connectivity index (χ0) is 37.6. The van der Waals surface area contributed by atoms with Crippen molar-refractivity contribution in [2.75, 3.05) is 6.61 Å². The molecule has 15 heteroatoms. The van der Waals surface area contributed by atoms with Gasteiger partial charge < -0.3 is 34.8 Å². The van der Waals surface area contributed by atoms with Crippen molar-refractivity contribution in [2.24, 2.45) is 11.8 Å². The highest BCUT2D eigenvalue weighted by atomic mass is 35.5. The number of ether oxygens (including phenoxy) is 2. The number of nitrogens with zero attached hydrogens (tertiary/aromatic N) is 2. The summed E-state index contributed by atoms with van der Waals surface area (Å²) in [7, 11) is 0. The lowest BCUT2D eigenvalue weighted by atomic mass is 9.78. The molecule has 0 spiro atoms. The van der Waals surface area contributed by atoms with E-state index in [1.165, 1.54) is 0 Å². The number of esters is 1. The summed E-state index contributed by atoms with van der Waals surface area (Å²) in [6.45, 7) is 9.38. The lowest BCUT2D eigenvalue weighted by molar-refractivity contribution is -0.136. The summed E-state index contributed by atoms with van der Waals surface area (Å²) in [6.07, 6.45) is 1.06. The third kappa shape index (κ3) is 8.53. The number of aromatic amines is 1. The van der Waals surface area contributed by atoms with Gasteiger partial charge in [-0.25, -0.2) is 9.59 Å². The number of benzene rings is 2. The van der Waals surface area contributed by atoms with Crippen LogP contribution in [-0.4, -0.2) is 57.2 Å². The number of halogens is 2. The van der Waals surface area contributed by atoms with Crippen LogP contribution in [0.5, 0.6) is 0 Å². The molecule has 0 saturated heterocycles. The van der Waals surface area contributed by atoms with Crippen LogP contribution in [0, 0.1) is 11.8 Å². The molecule has 2 heterocycles. The van der Waals surface area contributed by atoms with Gasteiger partial charge in [0.05, 0.1) is 17.1 Å². The first-order chi connectivity index (χ1) is 24.9. The Hall–Kier alpha value is -4.62. The topological polar surface area (TPSA) is 178 Å². The smallest absolute Gasteiger partial charge is 0.408 e. The molecule has 0 radical (unpaired) electrons. The first kappa shape index (κ1) is 38.6. The average molecular weight is 756 g/mol. The number of carbonyl (C=O) groups is 4. The third-order valence-electron chi connectivity index (χ3n) is 9.74. The standard InChI is InChI=1S/C37H44Cl2N6O7/c1-6-20(4)28(42-36(49)51-19-22-12-10-9-11-13-22)31(46)43-37(15-14-27-25(18-37)24-16-23(38)17-26(39)30(24)40-27)35(48)41-29(21(5)7-2)32-44-45-33(52-32)34(47)50-8-3/h9-13,16-17,20-21,28-29,40H,6-8,14-15,18-19H2,1-5H3,(H,41,48)(H,42,49)(H,43,46)/t20?,21?,28-,29-,37-/m0/s1. The number of hydrogen-bond acceptors (Lipinski definition) is 9. The van der Waals surface area contributed by atoms with Crippen LogP contribution in [0.2, 0.25) is 10.0 Å². The summed E-state index contributed by atoms with van der Waals surface area (Å²) in [4.78, 5) is 57.8. The van der Waals surface area contributed by atoms with E-state index in [1.807, 2.05) is 58.0 Å². The van der Waals surface area contributed by atoms with Crippen molar-refractivity contribution in [3.8, 4) is 0 Å². The molecule has 0 fully saturated rings. The quantitative estimate of drug-likeness (QED) is 0.103. The van der Waals surface area contributed by atoms with E-state index in [4.69, 9.17) is 37.1 Å². The summed E-state index contributed by atoms with van der Waals surface area (Å²) in [5.74, 6) is -2.68. The van der Waals surface area contributed by atoms with Gasteiger partial charge in [-0.1, -0.05) is 94.1 Å². The fraction of sp³-hybridized carbons (Fsp3) is 0.459. The first-order valence-electron chi connectivity index (χ1n) is 17.5. The minimum Gasteiger partial charge on any atom is -0.459 e. The average Bonchev–Trinajstić information content (AvgIpc) is 3.77. The van der Waals surface area contributed by atoms with Crippen molar-refractivity contribution in [3.05, 3.63) is 81.1 Å². The van der Waals surface area contributed by atoms with Crippen LogP contribution in [0.15, 0.2) is 46.9 Å². The number of H-pyrrole nitrogens is 1. The molecule has 5 rings (SSSR count). The number of rotatable bonds is 14. The first-order valence-corrected chi connectivity index (χ1v) is 18.2. The van der Waals surface area contributed by atoms with Gasteiger partial charge in [-0.2, -0.15) is 0 Å². The molecule has 4 aromatic rings. The van der Waals surface area contributed by atoms with Crippen LogP contribution in [0.25, 0.3) is 10.9 Å². The number of carbonyl (C=O) groups excluding carboxylic acids is 4. The summed E-state index contributed by atoms with van der Waals surface area (Å²) < 4.78 is 16.2. The van der Waals surface area contributed by atoms with Gasteiger partial charge in [-0.05, 0) is 54.9 Å². The molecule has 3 amide bonds. The normalized spacial score (nSPS) is 17.7. The summed E-state index contributed by atoms with van der Waals surface area (Å²) in [5.41, 5.74) is 1.60. The van der Waals surface area contributed by atoms with Crippen molar-refractivity contribution < 1.29 is 33.1 Å². The molecule has 52 heavy (non-hydrogen) atoms. The van der Waals surface area contributed by atoms with E-state index < -0.39 is 41.5 Å². The van der Waals surface area contributed by atoms with Crippen LogP contribution < -0.4 is 16.0 Å². The summed E-state index contributed by atoms with van der Waals surface area (Å²) >= 11 is 13.0. The molecular formula is C37H44Cl2N6O7. The molecule has 278 valence electrons. The largest absolute Gasteiger partial charge is 0.459 e. The van der Waals surface area contributed by atoms with E-state index in [9.17, 15) is 19.2 Å². The van der Waals surface area contributed by atoms with Crippen molar-refractivity contribution in [1.82, 2.24) is 31.1 Å². The zero-order valence-electron chi connectivity index (χ0n) is 29.8. The van der Waals surface area contributed by atoms with Gasteiger partial charge >= 0.3 is 18.0 Å². The van der Waals surface area contributed by atoms with Gasteiger partial charge in [0.25, 0.3) is 0 Å². The molecule has 2 aromatic carbocycles. The Morgan fingerprint density at radius 3 is 2.40 bits per heavy atom. The van der Waals surface area contributed by atoms with Crippen LogP contribution in [0.4, 0.5) is 4.79 Å². The number of hydrogen-bond donors (Lipinski definition) is 4. The van der Waals surface area contributed by atoms with E-state index in [-0.39, 0.29) is 49.7 Å². The maximum atomic E-state index is 14.8. The Morgan fingerprint density at radius 1 is 0.981 bits per heavy atom.